The van der Waals surface area contributed by atoms with Gasteiger partial charge >= 0.3 is 0 Å². The summed E-state index contributed by atoms with van der Waals surface area (Å²) in [5, 5.41) is 0. The van der Waals surface area contributed by atoms with E-state index < -0.39 is 0 Å². The van der Waals surface area contributed by atoms with Crippen LogP contribution in [0.15, 0.2) is 41.4 Å². The van der Waals surface area contributed by atoms with Crippen LogP contribution in [0.5, 0.6) is 0 Å². The Bertz CT molecular complexity index is 470. The Hall–Kier alpha value is -1.59. The van der Waals surface area contributed by atoms with Crippen LogP contribution < -0.4 is 11.3 Å². The molecule has 1 heterocycles. The van der Waals surface area contributed by atoms with E-state index in [0.717, 1.165) is 5.56 Å². The summed E-state index contributed by atoms with van der Waals surface area (Å²) < 4.78 is 0. The maximum atomic E-state index is 5.30. The number of nitrogen functional groups attached to an aromatic ring is 1. The molecule has 2 aromatic rings. The van der Waals surface area contributed by atoms with Crippen molar-refractivity contribution in [3.05, 3.63) is 36.5 Å². The van der Waals surface area contributed by atoms with Gasteiger partial charge in [-0.3, -0.25) is 0 Å². The summed E-state index contributed by atoms with van der Waals surface area (Å²) in [4.78, 5) is 9.68. The quantitative estimate of drug-likeness (QED) is 0.482. The molecule has 5 heteroatoms. The average molecular weight is 232 g/mol. The molecule has 82 valence electrons. The molecule has 0 aliphatic rings. The first-order valence-electron chi connectivity index (χ1n) is 4.77. The minimum Gasteiger partial charge on any atom is -0.308 e. The van der Waals surface area contributed by atoms with Crippen LogP contribution in [0.3, 0.4) is 0 Å². The summed E-state index contributed by atoms with van der Waals surface area (Å²) in [7, 11) is 0. The fourth-order valence-corrected chi connectivity index (χ4v) is 1.73. The Morgan fingerprint density at radius 3 is 2.56 bits per heavy atom. The molecule has 1 aromatic carbocycles. The molecule has 0 aliphatic carbocycles. The SMILES string of the molecule is CSc1ccc(-c2nccc(NN)n2)cc1. The molecule has 0 aliphatic heterocycles. The second kappa shape index (κ2) is 4.96. The summed E-state index contributed by atoms with van der Waals surface area (Å²) in [6.45, 7) is 0. The van der Waals surface area contributed by atoms with E-state index in [-0.39, 0.29) is 0 Å². The van der Waals surface area contributed by atoms with Gasteiger partial charge in [0.05, 0.1) is 0 Å². The molecule has 0 saturated carbocycles. The van der Waals surface area contributed by atoms with E-state index in [1.165, 1.54) is 4.90 Å². The average Bonchev–Trinajstić information content (AvgIpc) is 2.39. The van der Waals surface area contributed by atoms with Crippen LogP contribution in [0.4, 0.5) is 5.82 Å². The van der Waals surface area contributed by atoms with E-state index in [4.69, 9.17) is 5.84 Å². The molecule has 4 nitrogen and oxygen atoms in total. The van der Waals surface area contributed by atoms with Crippen LogP contribution in [0.1, 0.15) is 0 Å². The Morgan fingerprint density at radius 1 is 1.19 bits per heavy atom. The lowest BCUT2D eigenvalue weighted by atomic mass is 10.2. The molecule has 0 saturated heterocycles. The van der Waals surface area contributed by atoms with Gasteiger partial charge < -0.3 is 5.43 Å². The maximum absolute atomic E-state index is 5.30. The van der Waals surface area contributed by atoms with Crippen molar-refractivity contribution in [1.29, 1.82) is 0 Å². The van der Waals surface area contributed by atoms with Gasteiger partial charge in [0.1, 0.15) is 5.82 Å². The fourth-order valence-electron chi connectivity index (χ4n) is 1.32. The van der Waals surface area contributed by atoms with Crippen LogP contribution in [-0.2, 0) is 0 Å². The van der Waals surface area contributed by atoms with Gasteiger partial charge in [0.15, 0.2) is 5.82 Å². The first-order chi connectivity index (χ1) is 7.83. The van der Waals surface area contributed by atoms with Crippen LogP contribution in [0.25, 0.3) is 11.4 Å². The van der Waals surface area contributed by atoms with E-state index in [9.17, 15) is 0 Å². The molecule has 0 amide bonds. The predicted molar refractivity (Wildman–Crippen MR) is 67.1 cm³/mol. The molecule has 0 radical (unpaired) electrons. The molecule has 0 unspecified atom stereocenters. The first kappa shape index (κ1) is 10.9. The zero-order valence-corrected chi connectivity index (χ0v) is 9.66. The number of hydrazine groups is 1. The third-order valence-electron chi connectivity index (χ3n) is 2.15. The van der Waals surface area contributed by atoms with Crippen molar-refractivity contribution in [2.75, 3.05) is 11.7 Å². The lowest BCUT2D eigenvalue weighted by Crippen LogP contribution is -2.09. The van der Waals surface area contributed by atoms with Crippen molar-refractivity contribution in [1.82, 2.24) is 9.97 Å². The number of thioether (sulfide) groups is 1. The highest BCUT2D eigenvalue weighted by molar-refractivity contribution is 7.98. The van der Waals surface area contributed by atoms with Gasteiger partial charge in [-0.05, 0) is 18.4 Å². The van der Waals surface area contributed by atoms with Crippen molar-refractivity contribution in [3.63, 3.8) is 0 Å². The van der Waals surface area contributed by atoms with Crippen LogP contribution in [0, 0.1) is 0 Å². The summed E-state index contributed by atoms with van der Waals surface area (Å²) in [6, 6.07) is 9.82. The topological polar surface area (TPSA) is 63.8 Å². The third kappa shape index (κ3) is 2.32. The maximum Gasteiger partial charge on any atom is 0.161 e. The molecule has 3 N–H and O–H groups in total. The normalized spacial score (nSPS) is 10.1. The summed E-state index contributed by atoms with van der Waals surface area (Å²) in [6.07, 6.45) is 3.73. The number of benzene rings is 1. The first-order valence-corrected chi connectivity index (χ1v) is 6.00. The van der Waals surface area contributed by atoms with Crippen molar-refractivity contribution < 1.29 is 0 Å². The number of nitrogens with two attached hydrogens (primary N) is 1. The molecular formula is C11H12N4S. The second-order valence-electron chi connectivity index (χ2n) is 3.14. The number of hydrogen-bond donors (Lipinski definition) is 2. The fraction of sp³-hybridized carbons (Fsp3) is 0.0909. The van der Waals surface area contributed by atoms with Gasteiger partial charge in [-0.15, -0.1) is 11.8 Å². The van der Waals surface area contributed by atoms with Gasteiger partial charge in [0.25, 0.3) is 0 Å². The van der Waals surface area contributed by atoms with E-state index >= 15 is 0 Å². The number of anilines is 1. The molecule has 0 spiro atoms. The number of hydrogen-bond acceptors (Lipinski definition) is 5. The largest absolute Gasteiger partial charge is 0.308 e. The highest BCUT2D eigenvalue weighted by Crippen LogP contribution is 2.20. The van der Waals surface area contributed by atoms with E-state index in [1.54, 1.807) is 24.0 Å². The highest BCUT2D eigenvalue weighted by Gasteiger charge is 2.01. The highest BCUT2D eigenvalue weighted by atomic mass is 32.2. The van der Waals surface area contributed by atoms with Gasteiger partial charge in [-0.1, -0.05) is 12.1 Å². The Kier molecular flexibility index (Phi) is 3.38. The van der Waals surface area contributed by atoms with Crippen LogP contribution in [-0.4, -0.2) is 16.2 Å². The van der Waals surface area contributed by atoms with E-state index in [1.807, 2.05) is 30.5 Å². The zero-order chi connectivity index (χ0) is 11.4. The number of nitrogens with one attached hydrogen (secondary N) is 1. The number of nitrogens with zero attached hydrogens (tertiary/aromatic N) is 2. The van der Waals surface area contributed by atoms with Gasteiger partial charge in [0.2, 0.25) is 0 Å². The lowest BCUT2D eigenvalue weighted by Gasteiger charge is -2.03. The van der Waals surface area contributed by atoms with Gasteiger partial charge in [-0.25, -0.2) is 15.8 Å². The van der Waals surface area contributed by atoms with Gasteiger partial charge in [0, 0.05) is 22.7 Å². The third-order valence-corrected chi connectivity index (χ3v) is 2.90. The van der Waals surface area contributed by atoms with E-state index in [2.05, 4.69) is 15.4 Å². The standard InChI is InChI=1S/C11H12N4S/c1-16-9-4-2-8(3-5-9)11-13-7-6-10(14-11)15-12/h2-7H,12H2,1H3,(H,13,14,15). The van der Waals surface area contributed by atoms with Crippen molar-refractivity contribution >= 4 is 17.6 Å². The molecule has 0 fully saturated rings. The van der Waals surface area contributed by atoms with Crippen LogP contribution in [0.2, 0.25) is 0 Å². The molecule has 0 atom stereocenters. The minimum absolute atomic E-state index is 0.610. The van der Waals surface area contributed by atoms with Crippen molar-refractivity contribution in [2.24, 2.45) is 5.84 Å². The summed E-state index contributed by atoms with van der Waals surface area (Å²) in [5.74, 6) is 6.58. The smallest absolute Gasteiger partial charge is 0.161 e. The Labute approximate surface area is 98.3 Å². The number of aromatic nitrogens is 2. The molecular weight excluding hydrogens is 220 g/mol. The van der Waals surface area contributed by atoms with Crippen molar-refractivity contribution in [3.8, 4) is 11.4 Å². The zero-order valence-electron chi connectivity index (χ0n) is 8.84. The lowest BCUT2D eigenvalue weighted by molar-refractivity contribution is 1.14. The second-order valence-corrected chi connectivity index (χ2v) is 4.02. The predicted octanol–water partition coefficient (Wildman–Crippen LogP) is 2.15. The number of rotatable bonds is 3. The molecule has 2 rings (SSSR count). The summed E-state index contributed by atoms with van der Waals surface area (Å²) >= 11 is 1.71. The Morgan fingerprint density at radius 2 is 1.94 bits per heavy atom. The molecule has 0 bridgehead atoms. The monoisotopic (exact) mass is 232 g/mol. The summed E-state index contributed by atoms with van der Waals surface area (Å²) in [5.41, 5.74) is 3.49. The Balaban J connectivity index is 2.34. The molecule has 16 heavy (non-hydrogen) atoms. The van der Waals surface area contributed by atoms with Crippen molar-refractivity contribution in [2.45, 2.75) is 4.90 Å². The van der Waals surface area contributed by atoms with E-state index in [0.29, 0.717) is 11.6 Å². The van der Waals surface area contributed by atoms with Crippen LogP contribution >= 0.6 is 11.8 Å². The minimum atomic E-state index is 0.610. The molecule has 1 aromatic heterocycles. The van der Waals surface area contributed by atoms with Gasteiger partial charge in [-0.2, -0.15) is 0 Å².